The van der Waals surface area contributed by atoms with Gasteiger partial charge in [0.15, 0.2) is 6.10 Å². The largest absolute Gasteiger partial charge is 0.469 e. The van der Waals surface area contributed by atoms with Crippen molar-refractivity contribution in [3.05, 3.63) is 0 Å². The Kier molecular flexibility index (Phi) is 16.4. The van der Waals surface area contributed by atoms with Crippen LogP contribution >= 0.6 is 7.82 Å². The first-order valence-electron chi connectivity index (χ1n) is 10.3. The van der Waals surface area contributed by atoms with E-state index in [0.717, 1.165) is 44.9 Å². The molecule has 166 valence electrons. The summed E-state index contributed by atoms with van der Waals surface area (Å²) in [7, 11) is -4.70. The Labute approximate surface area is 168 Å². The topological polar surface area (TPSA) is 119 Å². The third-order valence-electron chi connectivity index (χ3n) is 4.13. The highest BCUT2D eigenvalue weighted by molar-refractivity contribution is 7.46. The van der Waals surface area contributed by atoms with Gasteiger partial charge in [0.05, 0.1) is 6.61 Å². The van der Waals surface area contributed by atoms with E-state index >= 15 is 0 Å². The highest BCUT2D eigenvalue weighted by Gasteiger charge is 2.22. The summed E-state index contributed by atoms with van der Waals surface area (Å²) in [6.07, 6.45) is 9.32. The van der Waals surface area contributed by atoms with Crippen molar-refractivity contribution in [2.45, 2.75) is 97.0 Å². The molecule has 0 aromatic rings. The molecular weight excluding hydrogens is 387 g/mol. The van der Waals surface area contributed by atoms with E-state index in [1.807, 2.05) is 0 Å². The highest BCUT2D eigenvalue weighted by Crippen LogP contribution is 2.35. The molecule has 0 aromatic carbocycles. The van der Waals surface area contributed by atoms with Crippen molar-refractivity contribution in [3.63, 3.8) is 0 Å². The molecule has 0 radical (unpaired) electrons. The Morgan fingerprint density at radius 2 is 1.29 bits per heavy atom. The van der Waals surface area contributed by atoms with Crippen molar-refractivity contribution in [3.8, 4) is 0 Å². The standard InChI is InChI=1S/C19H37O8P/c1-3-5-7-9-10-12-14-19(21)27-17(16-26-28(22,23)24)15-25-18(20)13-11-8-6-4-2/h17H,3-16H2,1-2H3,(H2,22,23,24). The molecule has 0 aromatic heterocycles. The van der Waals surface area contributed by atoms with Crippen molar-refractivity contribution in [2.75, 3.05) is 13.2 Å². The Morgan fingerprint density at radius 1 is 0.786 bits per heavy atom. The Morgan fingerprint density at radius 3 is 1.86 bits per heavy atom. The van der Waals surface area contributed by atoms with Crippen molar-refractivity contribution >= 4 is 19.8 Å². The molecule has 0 heterocycles. The van der Waals surface area contributed by atoms with Crippen molar-refractivity contribution in [1.29, 1.82) is 0 Å². The van der Waals surface area contributed by atoms with Crippen LogP contribution in [0.25, 0.3) is 0 Å². The van der Waals surface area contributed by atoms with Crippen LogP contribution in [0.5, 0.6) is 0 Å². The quantitative estimate of drug-likeness (QED) is 0.190. The van der Waals surface area contributed by atoms with E-state index < -0.39 is 32.5 Å². The summed E-state index contributed by atoms with van der Waals surface area (Å²) < 4.78 is 25.5. The molecule has 8 nitrogen and oxygen atoms in total. The van der Waals surface area contributed by atoms with Crippen molar-refractivity contribution in [1.82, 2.24) is 0 Å². The number of phosphoric ester groups is 1. The zero-order valence-electron chi connectivity index (χ0n) is 17.3. The molecule has 0 spiro atoms. The predicted molar refractivity (Wildman–Crippen MR) is 106 cm³/mol. The zero-order valence-corrected chi connectivity index (χ0v) is 18.2. The molecule has 0 rings (SSSR count). The first-order chi connectivity index (χ1) is 13.3. The van der Waals surface area contributed by atoms with Gasteiger partial charge in [0.1, 0.15) is 6.61 Å². The summed E-state index contributed by atoms with van der Waals surface area (Å²) >= 11 is 0. The van der Waals surface area contributed by atoms with Gasteiger partial charge in [-0.3, -0.25) is 14.1 Å². The third-order valence-corrected chi connectivity index (χ3v) is 4.61. The van der Waals surface area contributed by atoms with Crippen LogP contribution in [0, 0.1) is 0 Å². The monoisotopic (exact) mass is 424 g/mol. The average Bonchev–Trinajstić information content (AvgIpc) is 2.63. The molecule has 0 bridgehead atoms. The van der Waals surface area contributed by atoms with E-state index in [-0.39, 0.29) is 19.4 Å². The maximum absolute atomic E-state index is 11.9. The number of hydrogen-bond donors (Lipinski definition) is 2. The molecule has 2 N–H and O–H groups in total. The van der Waals surface area contributed by atoms with E-state index in [9.17, 15) is 14.2 Å². The molecule has 0 aliphatic rings. The summed E-state index contributed by atoms with van der Waals surface area (Å²) in [5, 5.41) is 0. The zero-order chi connectivity index (χ0) is 21.3. The van der Waals surface area contributed by atoms with Gasteiger partial charge in [0.25, 0.3) is 0 Å². The van der Waals surface area contributed by atoms with Crippen LogP contribution < -0.4 is 0 Å². The first kappa shape index (κ1) is 27.0. The molecule has 28 heavy (non-hydrogen) atoms. The van der Waals surface area contributed by atoms with Gasteiger partial charge in [-0.25, -0.2) is 4.57 Å². The molecule has 9 heteroatoms. The van der Waals surface area contributed by atoms with E-state index in [1.165, 1.54) is 6.42 Å². The summed E-state index contributed by atoms with van der Waals surface area (Å²) in [6, 6.07) is 0. The number of carbonyl (C=O) groups excluding carboxylic acids is 2. The van der Waals surface area contributed by atoms with Crippen LogP contribution in [0.1, 0.15) is 90.9 Å². The van der Waals surface area contributed by atoms with Gasteiger partial charge in [0.2, 0.25) is 0 Å². The SMILES string of the molecule is CCCCCCCCC(=O)OC(COC(=O)CCCCCC)COP(=O)(O)O. The van der Waals surface area contributed by atoms with Gasteiger partial charge >= 0.3 is 19.8 Å². The Hall–Kier alpha value is -0.950. The number of rotatable bonds is 18. The van der Waals surface area contributed by atoms with Gasteiger partial charge < -0.3 is 19.3 Å². The minimum atomic E-state index is -4.70. The number of esters is 2. The lowest BCUT2D eigenvalue weighted by Gasteiger charge is -2.18. The lowest BCUT2D eigenvalue weighted by Crippen LogP contribution is -2.29. The number of unbranched alkanes of at least 4 members (excludes halogenated alkanes) is 8. The Bertz CT molecular complexity index is 463. The van der Waals surface area contributed by atoms with E-state index in [1.54, 1.807) is 0 Å². The Balaban J connectivity index is 4.25. The molecule has 0 aliphatic carbocycles. The fourth-order valence-electron chi connectivity index (χ4n) is 2.55. The van der Waals surface area contributed by atoms with Gasteiger partial charge in [-0.15, -0.1) is 0 Å². The summed E-state index contributed by atoms with van der Waals surface area (Å²) in [6.45, 7) is 3.39. The van der Waals surface area contributed by atoms with Crippen LogP contribution in [-0.2, 0) is 28.2 Å². The predicted octanol–water partition coefficient (Wildman–Crippen LogP) is 4.27. The van der Waals surface area contributed by atoms with Crippen LogP contribution in [0.15, 0.2) is 0 Å². The van der Waals surface area contributed by atoms with Gasteiger partial charge in [-0.05, 0) is 12.8 Å². The van der Waals surface area contributed by atoms with Crippen molar-refractivity contribution in [2.24, 2.45) is 0 Å². The average molecular weight is 424 g/mol. The van der Waals surface area contributed by atoms with Crippen LogP contribution in [0.4, 0.5) is 0 Å². The fourth-order valence-corrected chi connectivity index (χ4v) is 2.91. The van der Waals surface area contributed by atoms with E-state index in [0.29, 0.717) is 12.8 Å². The smallest absolute Gasteiger partial charge is 0.462 e. The summed E-state index contributed by atoms with van der Waals surface area (Å²) in [5.74, 6) is -0.918. The molecule has 0 amide bonds. The van der Waals surface area contributed by atoms with Crippen LogP contribution in [-0.4, -0.2) is 41.0 Å². The molecular formula is C19H37O8P. The molecule has 0 fully saturated rings. The lowest BCUT2D eigenvalue weighted by molar-refractivity contribution is -0.161. The number of carbonyl (C=O) groups is 2. The second-order valence-electron chi connectivity index (χ2n) is 6.91. The minimum absolute atomic E-state index is 0.212. The number of phosphoric acid groups is 1. The molecule has 1 atom stereocenters. The highest BCUT2D eigenvalue weighted by atomic mass is 31.2. The van der Waals surface area contributed by atoms with Crippen LogP contribution in [0.2, 0.25) is 0 Å². The van der Waals surface area contributed by atoms with E-state index in [4.69, 9.17) is 19.3 Å². The number of ether oxygens (including phenoxy) is 2. The second-order valence-corrected chi connectivity index (χ2v) is 8.15. The third kappa shape index (κ3) is 18.4. The van der Waals surface area contributed by atoms with Gasteiger partial charge in [-0.1, -0.05) is 65.2 Å². The van der Waals surface area contributed by atoms with E-state index in [2.05, 4.69) is 18.4 Å². The maximum atomic E-state index is 11.9. The lowest BCUT2D eigenvalue weighted by atomic mass is 10.1. The minimum Gasteiger partial charge on any atom is -0.462 e. The molecule has 0 saturated carbocycles. The molecule has 1 unspecified atom stereocenters. The van der Waals surface area contributed by atoms with Crippen molar-refractivity contribution < 1.29 is 37.9 Å². The summed E-state index contributed by atoms with van der Waals surface area (Å²) in [5.41, 5.74) is 0. The van der Waals surface area contributed by atoms with Crippen LogP contribution in [0.3, 0.4) is 0 Å². The van der Waals surface area contributed by atoms with Gasteiger partial charge in [-0.2, -0.15) is 0 Å². The summed E-state index contributed by atoms with van der Waals surface area (Å²) in [4.78, 5) is 41.3. The fraction of sp³-hybridized carbons (Fsp3) is 0.895. The second kappa shape index (κ2) is 17.0. The van der Waals surface area contributed by atoms with Gasteiger partial charge in [0, 0.05) is 12.8 Å². The maximum Gasteiger partial charge on any atom is 0.469 e. The number of hydrogen-bond acceptors (Lipinski definition) is 6. The first-order valence-corrected chi connectivity index (χ1v) is 11.9. The molecule has 0 saturated heterocycles. The molecule has 0 aliphatic heterocycles. The normalized spacial score (nSPS) is 12.6.